The Morgan fingerprint density at radius 2 is 1.89 bits per heavy atom. The Hall–Kier alpha value is -1.10. The molecule has 1 rings (SSSR count). The highest BCUT2D eigenvalue weighted by molar-refractivity contribution is 5.83. The van der Waals surface area contributed by atoms with Crippen molar-refractivity contribution in [1.82, 2.24) is 10.2 Å². The predicted octanol–water partition coefficient (Wildman–Crippen LogP) is 1.33. The van der Waals surface area contributed by atoms with Crippen molar-refractivity contribution >= 4 is 11.9 Å². The van der Waals surface area contributed by atoms with Gasteiger partial charge in [-0.2, -0.15) is 0 Å². The molecule has 1 aliphatic rings. The minimum absolute atomic E-state index is 0.0928. The molecule has 1 atom stereocenters. The van der Waals surface area contributed by atoms with Crippen LogP contribution in [-0.2, 0) is 9.59 Å². The van der Waals surface area contributed by atoms with E-state index in [4.69, 9.17) is 5.11 Å². The highest BCUT2D eigenvalue weighted by Gasteiger charge is 2.24. The summed E-state index contributed by atoms with van der Waals surface area (Å²) >= 11 is 0. The van der Waals surface area contributed by atoms with Gasteiger partial charge in [0.2, 0.25) is 5.91 Å². The van der Waals surface area contributed by atoms with Gasteiger partial charge in [0.15, 0.2) is 0 Å². The van der Waals surface area contributed by atoms with E-state index in [0.717, 1.165) is 32.4 Å². The molecule has 1 amide bonds. The fraction of sp³-hybridized carbons (Fsp3) is 0.857. The highest BCUT2D eigenvalue weighted by Crippen LogP contribution is 2.20. The summed E-state index contributed by atoms with van der Waals surface area (Å²) in [5.74, 6) is -0.586. The molecular formula is C14H26N2O3. The van der Waals surface area contributed by atoms with Crippen LogP contribution in [0, 0.1) is 11.8 Å². The maximum absolute atomic E-state index is 11.8. The lowest BCUT2D eigenvalue weighted by atomic mass is 9.92. The van der Waals surface area contributed by atoms with Gasteiger partial charge in [-0.1, -0.05) is 13.8 Å². The predicted molar refractivity (Wildman–Crippen MR) is 73.9 cm³/mol. The molecule has 5 heteroatoms. The van der Waals surface area contributed by atoms with E-state index in [1.165, 1.54) is 0 Å². The SMILES string of the molecule is CC(C)[C@H](NC(=O)CCC1CCN(C)CC1)C(=O)O. The van der Waals surface area contributed by atoms with Crippen molar-refractivity contribution in [2.24, 2.45) is 11.8 Å². The second-order valence-corrected chi connectivity index (χ2v) is 5.91. The topological polar surface area (TPSA) is 69.6 Å². The van der Waals surface area contributed by atoms with Gasteiger partial charge in [0.1, 0.15) is 6.04 Å². The van der Waals surface area contributed by atoms with Crippen LogP contribution >= 0.6 is 0 Å². The molecule has 19 heavy (non-hydrogen) atoms. The minimum atomic E-state index is -0.956. The lowest BCUT2D eigenvalue weighted by molar-refractivity contribution is -0.143. The summed E-state index contributed by atoms with van der Waals surface area (Å²) < 4.78 is 0. The number of aliphatic carboxylic acids is 1. The van der Waals surface area contributed by atoms with Crippen molar-refractivity contribution in [3.8, 4) is 0 Å². The molecule has 110 valence electrons. The van der Waals surface area contributed by atoms with Gasteiger partial charge in [-0.25, -0.2) is 4.79 Å². The molecule has 0 aromatic rings. The van der Waals surface area contributed by atoms with Crippen molar-refractivity contribution in [2.75, 3.05) is 20.1 Å². The van der Waals surface area contributed by atoms with Gasteiger partial charge < -0.3 is 15.3 Å². The molecule has 0 radical (unpaired) electrons. The highest BCUT2D eigenvalue weighted by atomic mass is 16.4. The maximum atomic E-state index is 11.8. The summed E-state index contributed by atoms with van der Waals surface area (Å²) in [5, 5.41) is 11.6. The van der Waals surface area contributed by atoms with E-state index in [0.29, 0.717) is 12.3 Å². The Kier molecular flexibility index (Phi) is 6.28. The molecule has 1 fully saturated rings. The number of carboxylic acids is 1. The molecule has 0 saturated carbocycles. The molecule has 0 spiro atoms. The summed E-state index contributed by atoms with van der Waals surface area (Å²) in [4.78, 5) is 25.1. The second kappa shape index (κ2) is 7.48. The molecular weight excluding hydrogens is 244 g/mol. The number of hydrogen-bond acceptors (Lipinski definition) is 3. The van der Waals surface area contributed by atoms with Crippen molar-refractivity contribution in [3.05, 3.63) is 0 Å². The zero-order valence-corrected chi connectivity index (χ0v) is 12.2. The van der Waals surface area contributed by atoms with Crippen molar-refractivity contribution in [1.29, 1.82) is 0 Å². The van der Waals surface area contributed by atoms with E-state index in [9.17, 15) is 9.59 Å². The summed E-state index contributed by atoms with van der Waals surface area (Å²) in [6, 6.07) is -0.773. The Labute approximate surface area is 115 Å². The molecule has 1 heterocycles. The molecule has 0 aromatic heterocycles. The number of carboxylic acid groups (broad SMARTS) is 1. The van der Waals surface area contributed by atoms with E-state index in [1.807, 2.05) is 0 Å². The Morgan fingerprint density at radius 1 is 1.32 bits per heavy atom. The molecule has 0 unspecified atom stereocenters. The molecule has 0 aromatic carbocycles. The van der Waals surface area contributed by atoms with E-state index in [-0.39, 0.29) is 11.8 Å². The summed E-state index contributed by atoms with van der Waals surface area (Å²) in [6.07, 6.45) is 3.57. The first-order chi connectivity index (χ1) is 8.90. The first-order valence-corrected chi connectivity index (χ1v) is 7.11. The Bertz CT molecular complexity index is 310. The third-order valence-electron chi connectivity index (χ3n) is 3.87. The van der Waals surface area contributed by atoms with Crippen molar-refractivity contribution in [3.63, 3.8) is 0 Å². The molecule has 0 bridgehead atoms. The van der Waals surface area contributed by atoms with Gasteiger partial charge in [-0.3, -0.25) is 4.79 Å². The number of amides is 1. The van der Waals surface area contributed by atoms with Crippen LogP contribution in [0.3, 0.4) is 0 Å². The normalized spacial score (nSPS) is 19.4. The Balaban J connectivity index is 2.29. The quantitative estimate of drug-likeness (QED) is 0.764. The minimum Gasteiger partial charge on any atom is -0.480 e. The van der Waals surface area contributed by atoms with Crippen LogP contribution < -0.4 is 5.32 Å². The van der Waals surface area contributed by atoms with Crippen molar-refractivity contribution in [2.45, 2.75) is 45.6 Å². The summed E-state index contributed by atoms with van der Waals surface area (Å²) in [6.45, 7) is 5.79. The first kappa shape index (κ1) is 16.0. The molecule has 5 nitrogen and oxygen atoms in total. The van der Waals surface area contributed by atoms with Gasteiger partial charge in [-0.05, 0) is 51.2 Å². The fourth-order valence-electron chi connectivity index (χ4n) is 2.45. The van der Waals surface area contributed by atoms with Crippen LogP contribution in [-0.4, -0.2) is 48.1 Å². The van der Waals surface area contributed by atoms with E-state index in [2.05, 4.69) is 17.3 Å². The number of nitrogens with one attached hydrogen (secondary N) is 1. The molecule has 0 aliphatic carbocycles. The number of carbonyl (C=O) groups excluding carboxylic acids is 1. The Morgan fingerprint density at radius 3 is 2.37 bits per heavy atom. The van der Waals surface area contributed by atoms with Crippen LogP contribution in [0.15, 0.2) is 0 Å². The lowest BCUT2D eigenvalue weighted by Gasteiger charge is -2.28. The van der Waals surface area contributed by atoms with Crippen LogP contribution in [0.5, 0.6) is 0 Å². The van der Waals surface area contributed by atoms with Crippen LogP contribution in [0.25, 0.3) is 0 Å². The monoisotopic (exact) mass is 270 g/mol. The number of likely N-dealkylation sites (tertiary alicyclic amines) is 1. The zero-order valence-electron chi connectivity index (χ0n) is 12.2. The molecule has 2 N–H and O–H groups in total. The van der Waals surface area contributed by atoms with Gasteiger partial charge in [-0.15, -0.1) is 0 Å². The maximum Gasteiger partial charge on any atom is 0.326 e. The number of rotatable bonds is 6. The largest absolute Gasteiger partial charge is 0.480 e. The fourth-order valence-corrected chi connectivity index (χ4v) is 2.45. The molecule has 1 aliphatic heterocycles. The summed E-state index contributed by atoms with van der Waals surface area (Å²) in [5.41, 5.74) is 0. The standard InChI is InChI=1S/C14H26N2O3/c1-10(2)13(14(18)19)15-12(17)5-4-11-6-8-16(3)9-7-11/h10-11,13H,4-9H2,1-3H3,(H,15,17)(H,18,19)/t13-/m0/s1. The first-order valence-electron chi connectivity index (χ1n) is 7.11. The van der Waals surface area contributed by atoms with E-state index < -0.39 is 12.0 Å². The number of hydrogen-bond donors (Lipinski definition) is 2. The van der Waals surface area contributed by atoms with Gasteiger partial charge in [0.25, 0.3) is 0 Å². The van der Waals surface area contributed by atoms with E-state index in [1.54, 1.807) is 13.8 Å². The van der Waals surface area contributed by atoms with Crippen molar-refractivity contribution < 1.29 is 14.7 Å². The third kappa shape index (κ3) is 5.59. The number of piperidine rings is 1. The number of carbonyl (C=O) groups is 2. The average Bonchev–Trinajstić information content (AvgIpc) is 2.34. The van der Waals surface area contributed by atoms with Gasteiger partial charge in [0, 0.05) is 6.42 Å². The van der Waals surface area contributed by atoms with Crippen LogP contribution in [0.4, 0.5) is 0 Å². The van der Waals surface area contributed by atoms with Crippen LogP contribution in [0.1, 0.15) is 39.5 Å². The lowest BCUT2D eigenvalue weighted by Crippen LogP contribution is -2.44. The van der Waals surface area contributed by atoms with Gasteiger partial charge in [0.05, 0.1) is 0 Å². The number of nitrogens with zero attached hydrogens (tertiary/aromatic N) is 1. The third-order valence-corrected chi connectivity index (χ3v) is 3.87. The molecule has 1 saturated heterocycles. The van der Waals surface area contributed by atoms with E-state index >= 15 is 0 Å². The van der Waals surface area contributed by atoms with Crippen LogP contribution in [0.2, 0.25) is 0 Å². The zero-order chi connectivity index (χ0) is 14.4. The second-order valence-electron chi connectivity index (χ2n) is 5.91. The smallest absolute Gasteiger partial charge is 0.326 e. The summed E-state index contributed by atoms with van der Waals surface area (Å²) in [7, 11) is 2.11. The van der Waals surface area contributed by atoms with Gasteiger partial charge >= 0.3 is 5.97 Å². The average molecular weight is 270 g/mol.